The van der Waals surface area contributed by atoms with E-state index in [1.54, 1.807) is 12.2 Å². The molecule has 0 aliphatic rings. The van der Waals surface area contributed by atoms with Crippen LogP contribution >= 0.6 is 0 Å². The Morgan fingerprint density at radius 3 is 0.797 bits per heavy atom. The van der Waals surface area contributed by atoms with Crippen LogP contribution in [0.25, 0.3) is 110 Å². The summed E-state index contributed by atoms with van der Waals surface area (Å²) in [5, 5.41) is 13.2. The summed E-state index contributed by atoms with van der Waals surface area (Å²) in [6, 6.07) is 87.5. The van der Waals surface area contributed by atoms with Crippen LogP contribution in [0.1, 0.15) is 31.8 Å². The predicted molar refractivity (Wildman–Crippen MR) is 311 cm³/mol. The van der Waals surface area contributed by atoms with Gasteiger partial charge in [0, 0.05) is 44.0 Å². The Hall–Kier alpha value is -9.90. The minimum absolute atomic E-state index is 0.0134. The summed E-state index contributed by atoms with van der Waals surface area (Å²) in [4.78, 5) is 27.0. The molecule has 0 spiro atoms. The van der Waals surface area contributed by atoms with Crippen molar-refractivity contribution in [3.8, 4) is 11.4 Å². The van der Waals surface area contributed by atoms with Crippen molar-refractivity contribution in [1.82, 2.24) is 9.13 Å². The van der Waals surface area contributed by atoms with Crippen molar-refractivity contribution in [2.75, 3.05) is 0 Å². The Morgan fingerprint density at radius 1 is 0.270 bits per heavy atom. The first-order chi connectivity index (χ1) is 36.6. The smallest absolute Gasteiger partial charge is 0.187 e. The van der Waals surface area contributed by atoms with Gasteiger partial charge in [-0.15, -0.1) is 0 Å². The average Bonchev–Trinajstić information content (AvgIpc) is 3.98. The fourth-order valence-electron chi connectivity index (χ4n) is 10.9. The van der Waals surface area contributed by atoms with E-state index in [0.717, 1.165) is 76.7 Å². The second kappa shape index (κ2) is 18.7. The molecule has 4 nitrogen and oxygen atoms in total. The molecule has 0 radical (unpaired) electrons. The molecule has 14 aromatic rings. The summed E-state index contributed by atoms with van der Waals surface area (Å²) < 4.78 is 4.59. The highest BCUT2D eigenvalue weighted by Crippen LogP contribution is 2.35. The van der Waals surface area contributed by atoms with Gasteiger partial charge < -0.3 is 9.13 Å². The number of allylic oxidation sites excluding steroid dienone is 2. The first-order valence-electron chi connectivity index (χ1n) is 25.0. The molecule has 0 atom stereocenters. The Balaban J connectivity index is 0.000000143. The number of ketones is 2. The number of nitrogens with zero attached hydrogens (tertiary/aromatic N) is 2. The largest absolute Gasteiger partial charge is 0.309 e. The number of hydrogen-bond acceptors (Lipinski definition) is 2. The SMILES string of the molecule is O=C(/C=C/c1ccc(-n2c3ccccc3c3ccccc32)cc1)c1c2ccccc2cc2ccccc12.O=C(/C=C/c1ccc(-n2c3ccccc3c3ccccc32)cc1)c1c2ccccc2cc2ccccc12. The average molecular weight is 947 g/mol. The second-order valence-corrected chi connectivity index (χ2v) is 18.7. The molecule has 2 aromatic heterocycles. The van der Waals surface area contributed by atoms with Gasteiger partial charge in [-0.3, -0.25) is 9.59 Å². The summed E-state index contributed by atoms with van der Waals surface area (Å²) >= 11 is 0. The number of aromatic nitrogens is 2. The number of rotatable bonds is 8. The monoisotopic (exact) mass is 946 g/mol. The number of para-hydroxylation sites is 4. The van der Waals surface area contributed by atoms with E-state index in [-0.39, 0.29) is 11.6 Å². The number of fused-ring (bicyclic) bond motifs is 10. The number of carbonyl (C=O) groups excluding carboxylic acids is 2. The zero-order valence-electron chi connectivity index (χ0n) is 40.3. The lowest BCUT2D eigenvalue weighted by atomic mass is 9.94. The molecular weight excluding hydrogens is 901 g/mol. The Labute approximate surface area is 427 Å². The number of carbonyl (C=O) groups is 2. The van der Waals surface area contributed by atoms with Crippen molar-refractivity contribution < 1.29 is 9.59 Å². The maximum atomic E-state index is 13.5. The Morgan fingerprint density at radius 2 is 0.514 bits per heavy atom. The van der Waals surface area contributed by atoms with Gasteiger partial charge in [0.05, 0.1) is 22.1 Å². The molecule has 0 aliphatic carbocycles. The van der Waals surface area contributed by atoms with Crippen LogP contribution in [0.3, 0.4) is 0 Å². The van der Waals surface area contributed by atoms with Gasteiger partial charge in [0.15, 0.2) is 11.6 Å². The predicted octanol–water partition coefficient (Wildman–Crippen LogP) is 18.0. The molecular formula is C70H46N2O2. The van der Waals surface area contributed by atoms with E-state index in [2.05, 4.69) is 191 Å². The lowest BCUT2D eigenvalue weighted by molar-refractivity contribution is 0.104. The molecule has 0 saturated heterocycles. The van der Waals surface area contributed by atoms with Gasteiger partial charge in [-0.25, -0.2) is 0 Å². The van der Waals surface area contributed by atoms with E-state index in [1.807, 2.05) is 84.9 Å². The maximum Gasteiger partial charge on any atom is 0.187 e. The lowest BCUT2D eigenvalue weighted by Gasteiger charge is -2.09. The second-order valence-electron chi connectivity index (χ2n) is 18.7. The molecule has 0 bridgehead atoms. The van der Waals surface area contributed by atoms with Crippen LogP contribution in [0, 0.1) is 0 Å². The van der Waals surface area contributed by atoms with E-state index in [9.17, 15) is 9.59 Å². The summed E-state index contributed by atoms with van der Waals surface area (Å²) in [5.41, 5.74) is 10.4. The molecule has 2 heterocycles. The Bertz CT molecular complexity index is 4060. The van der Waals surface area contributed by atoms with Crippen molar-refractivity contribution in [1.29, 1.82) is 0 Å². The Kier molecular flexibility index (Phi) is 11.1. The zero-order chi connectivity index (χ0) is 49.5. The van der Waals surface area contributed by atoms with Crippen molar-refractivity contribution in [2.24, 2.45) is 0 Å². The normalized spacial score (nSPS) is 11.8. The standard InChI is InChI=1S/2C35H23NO/c2*37-34(35-28-11-3-1-9-25(28)23-26-10-2-4-12-29(26)35)22-19-24-17-20-27(21-18-24)36-32-15-7-5-13-30(32)31-14-6-8-16-33(31)36/h2*1-23H/b2*22-19+. The lowest BCUT2D eigenvalue weighted by Crippen LogP contribution is -1.98. The fraction of sp³-hybridized carbons (Fsp3) is 0. The van der Waals surface area contributed by atoms with Gasteiger partial charge >= 0.3 is 0 Å². The molecule has 0 N–H and O–H groups in total. The minimum Gasteiger partial charge on any atom is -0.309 e. The zero-order valence-corrected chi connectivity index (χ0v) is 40.3. The van der Waals surface area contributed by atoms with Crippen LogP contribution in [0.2, 0.25) is 0 Å². The van der Waals surface area contributed by atoms with E-state index < -0.39 is 0 Å². The third-order valence-corrected chi connectivity index (χ3v) is 14.4. The van der Waals surface area contributed by atoms with Gasteiger partial charge in [-0.2, -0.15) is 0 Å². The van der Waals surface area contributed by atoms with Gasteiger partial charge in [-0.05, 0) is 127 Å². The molecule has 0 aliphatic heterocycles. The third kappa shape index (κ3) is 7.83. The van der Waals surface area contributed by atoms with Crippen LogP contribution in [0.5, 0.6) is 0 Å². The fourth-order valence-corrected chi connectivity index (χ4v) is 10.9. The number of benzene rings is 12. The van der Waals surface area contributed by atoms with Crippen molar-refractivity contribution >= 4 is 110 Å². The maximum absolute atomic E-state index is 13.5. The molecule has 0 unspecified atom stereocenters. The van der Waals surface area contributed by atoms with Crippen LogP contribution in [0.4, 0.5) is 0 Å². The van der Waals surface area contributed by atoms with Gasteiger partial charge in [-0.1, -0.05) is 206 Å². The summed E-state index contributed by atoms with van der Waals surface area (Å²) in [6.45, 7) is 0. The highest BCUT2D eigenvalue weighted by Gasteiger charge is 2.16. The molecule has 14 rings (SSSR count). The van der Waals surface area contributed by atoms with Crippen molar-refractivity contribution in [3.05, 3.63) is 289 Å². The van der Waals surface area contributed by atoms with E-state index in [4.69, 9.17) is 0 Å². The van der Waals surface area contributed by atoms with E-state index in [1.165, 1.54) is 43.6 Å². The van der Waals surface area contributed by atoms with Crippen molar-refractivity contribution in [3.63, 3.8) is 0 Å². The first-order valence-corrected chi connectivity index (χ1v) is 25.0. The van der Waals surface area contributed by atoms with Gasteiger partial charge in [0.1, 0.15) is 0 Å². The highest BCUT2D eigenvalue weighted by molar-refractivity contribution is 6.24. The summed E-state index contributed by atoms with van der Waals surface area (Å²) in [7, 11) is 0. The quantitative estimate of drug-likeness (QED) is 0.0865. The topological polar surface area (TPSA) is 44.0 Å². The van der Waals surface area contributed by atoms with Gasteiger partial charge in [0.25, 0.3) is 0 Å². The van der Waals surface area contributed by atoms with E-state index >= 15 is 0 Å². The van der Waals surface area contributed by atoms with Crippen LogP contribution in [-0.2, 0) is 0 Å². The molecule has 74 heavy (non-hydrogen) atoms. The summed E-state index contributed by atoms with van der Waals surface area (Å²) in [6.07, 6.45) is 7.22. The summed E-state index contributed by atoms with van der Waals surface area (Å²) in [5.74, 6) is 0.0268. The molecule has 4 heteroatoms. The molecule has 0 saturated carbocycles. The van der Waals surface area contributed by atoms with Crippen LogP contribution in [0.15, 0.2) is 267 Å². The highest BCUT2D eigenvalue weighted by atomic mass is 16.1. The molecule has 12 aromatic carbocycles. The number of hydrogen-bond donors (Lipinski definition) is 0. The molecule has 0 fully saturated rings. The minimum atomic E-state index is 0.0134. The van der Waals surface area contributed by atoms with Crippen LogP contribution in [-0.4, -0.2) is 20.7 Å². The first kappa shape index (κ1) is 44.1. The van der Waals surface area contributed by atoms with Crippen molar-refractivity contribution in [2.45, 2.75) is 0 Å². The molecule has 348 valence electrons. The molecule has 0 amide bonds. The van der Waals surface area contributed by atoms with E-state index in [0.29, 0.717) is 0 Å². The van der Waals surface area contributed by atoms with Gasteiger partial charge in [0.2, 0.25) is 0 Å². The van der Waals surface area contributed by atoms with Crippen LogP contribution < -0.4 is 0 Å². The third-order valence-electron chi connectivity index (χ3n) is 14.4.